The molecule has 110 valence electrons. The van der Waals surface area contributed by atoms with Crippen LogP contribution >= 0.6 is 12.2 Å². The van der Waals surface area contributed by atoms with E-state index < -0.39 is 0 Å². The van der Waals surface area contributed by atoms with Crippen molar-refractivity contribution < 1.29 is 4.39 Å². The molecule has 1 aromatic rings. The van der Waals surface area contributed by atoms with Gasteiger partial charge in [0.05, 0.1) is 0 Å². The van der Waals surface area contributed by atoms with Crippen LogP contribution < -0.4 is 10.7 Å². The molecular weight excluding hydrogens is 273 g/mol. The third-order valence-corrected chi connectivity index (χ3v) is 4.03. The molecule has 1 aliphatic rings. The van der Waals surface area contributed by atoms with Crippen LogP contribution in [0.1, 0.15) is 38.7 Å². The molecule has 0 bridgehead atoms. The lowest BCUT2D eigenvalue weighted by atomic mass is 10.00. The van der Waals surface area contributed by atoms with Gasteiger partial charge < -0.3 is 5.32 Å². The van der Waals surface area contributed by atoms with Crippen LogP contribution in [0.5, 0.6) is 0 Å². The second-order valence-electron chi connectivity index (χ2n) is 5.46. The minimum absolute atomic E-state index is 0.217. The molecule has 5 heteroatoms. The minimum atomic E-state index is -0.217. The normalized spacial score (nSPS) is 23.4. The topological polar surface area (TPSA) is 27.3 Å². The summed E-state index contributed by atoms with van der Waals surface area (Å²) in [4.78, 5) is 0. The summed E-state index contributed by atoms with van der Waals surface area (Å²) in [5.74, 6) is -0.217. The van der Waals surface area contributed by atoms with E-state index in [-0.39, 0.29) is 5.82 Å². The number of hydrogen-bond acceptors (Lipinski definition) is 2. The molecule has 1 fully saturated rings. The summed E-state index contributed by atoms with van der Waals surface area (Å²) in [7, 11) is 0. The Hall–Kier alpha value is -1.20. The van der Waals surface area contributed by atoms with Gasteiger partial charge in [0, 0.05) is 18.6 Å². The molecule has 0 radical (unpaired) electrons. The Morgan fingerprint density at radius 1 is 1.25 bits per heavy atom. The minimum Gasteiger partial charge on any atom is -0.358 e. The Bertz CT molecular complexity index is 439. The maximum absolute atomic E-state index is 12.8. The van der Waals surface area contributed by atoms with Crippen LogP contribution in [-0.2, 0) is 6.54 Å². The number of halogens is 1. The van der Waals surface area contributed by atoms with Crippen molar-refractivity contribution in [1.82, 2.24) is 15.8 Å². The van der Waals surface area contributed by atoms with Gasteiger partial charge in [-0.05, 0) is 56.6 Å². The number of nitrogens with one attached hydrogen (secondary N) is 2. The standard InChI is InChI=1S/C15H22FN3S/c1-11-4-3-5-12(2)19(11)18-15(20)17-10-13-6-8-14(16)9-7-13/h6-9,11-12H,3-5,10H2,1-2H3,(H2,17,18,20). The van der Waals surface area contributed by atoms with E-state index in [9.17, 15) is 4.39 Å². The third kappa shape index (κ3) is 4.15. The van der Waals surface area contributed by atoms with Crippen LogP contribution in [0.15, 0.2) is 24.3 Å². The SMILES string of the molecule is CC1CCCC(C)N1NC(=S)NCc1ccc(F)cc1. The summed E-state index contributed by atoms with van der Waals surface area (Å²) in [6.07, 6.45) is 3.66. The van der Waals surface area contributed by atoms with E-state index in [1.54, 1.807) is 12.1 Å². The van der Waals surface area contributed by atoms with Crippen LogP contribution in [0.3, 0.4) is 0 Å². The molecule has 2 atom stereocenters. The van der Waals surface area contributed by atoms with Crippen LogP contribution in [0.4, 0.5) is 4.39 Å². The summed E-state index contributed by atoms with van der Waals surface area (Å²) in [5, 5.41) is 6.01. The molecule has 0 spiro atoms. The predicted octanol–water partition coefficient (Wildman–Crippen LogP) is 2.97. The number of nitrogens with zero attached hydrogens (tertiary/aromatic N) is 1. The number of rotatable bonds is 3. The fourth-order valence-corrected chi connectivity index (χ4v) is 2.76. The van der Waals surface area contributed by atoms with Crippen molar-refractivity contribution in [2.24, 2.45) is 0 Å². The number of hydrazine groups is 1. The van der Waals surface area contributed by atoms with Gasteiger partial charge in [-0.1, -0.05) is 18.6 Å². The van der Waals surface area contributed by atoms with Crippen molar-refractivity contribution in [2.75, 3.05) is 0 Å². The van der Waals surface area contributed by atoms with Crippen molar-refractivity contribution >= 4 is 17.3 Å². The molecule has 3 nitrogen and oxygen atoms in total. The number of benzene rings is 1. The Morgan fingerprint density at radius 3 is 2.45 bits per heavy atom. The van der Waals surface area contributed by atoms with Gasteiger partial charge in [-0.3, -0.25) is 5.43 Å². The number of piperidine rings is 1. The van der Waals surface area contributed by atoms with Crippen LogP contribution in [0, 0.1) is 5.82 Å². The predicted molar refractivity (Wildman–Crippen MR) is 83.6 cm³/mol. The summed E-state index contributed by atoms with van der Waals surface area (Å²) in [6.45, 7) is 5.03. The number of thiocarbonyl (C=S) groups is 1. The first-order valence-electron chi connectivity index (χ1n) is 7.13. The molecule has 0 amide bonds. The lowest BCUT2D eigenvalue weighted by Gasteiger charge is -2.39. The fraction of sp³-hybridized carbons (Fsp3) is 0.533. The molecule has 1 heterocycles. The molecule has 1 aromatic carbocycles. The second kappa shape index (κ2) is 6.99. The van der Waals surface area contributed by atoms with Gasteiger partial charge in [0.15, 0.2) is 5.11 Å². The smallest absolute Gasteiger partial charge is 0.181 e. The van der Waals surface area contributed by atoms with E-state index in [1.165, 1.54) is 31.4 Å². The van der Waals surface area contributed by atoms with Gasteiger partial charge in [0.1, 0.15) is 5.82 Å². The Kier molecular flexibility index (Phi) is 5.31. The van der Waals surface area contributed by atoms with Crippen molar-refractivity contribution in [1.29, 1.82) is 0 Å². The van der Waals surface area contributed by atoms with E-state index in [4.69, 9.17) is 12.2 Å². The summed E-state index contributed by atoms with van der Waals surface area (Å²) >= 11 is 5.33. The van der Waals surface area contributed by atoms with Crippen molar-refractivity contribution in [2.45, 2.75) is 51.7 Å². The Balaban J connectivity index is 1.81. The number of hydrogen-bond donors (Lipinski definition) is 2. The molecule has 2 unspecified atom stereocenters. The molecule has 0 aromatic heterocycles. The van der Waals surface area contributed by atoms with E-state index in [1.807, 2.05) is 0 Å². The highest BCUT2D eigenvalue weighted by Crippen LogP contribution is 2.20. The first kappa shape index (κ1) is 15.2. The van der Waals surface area contributed by atoms with E-state index in [2.05, 4.69) is 29.6 Å². The third-order valence-electron chi connectivity index (χ3n) is 3.79. The lowest BCUT2D eigenvalue weighted by Crippen LogP contribution is -2.56. The van der Waals surface area contributed by atoms with Crippen molar-refractivity contribution in [3.63, 3.8) is 0 Å². The Morgan fingerprint density at radius 2 is 1.85 bits per heavy atom. The highest BCUT2D eigenvalue weighted by atomic mass is 32.1. The van der Waals surface area contributed by atoms with E-state index in [0.29, 0.717) is 23.7 Å². The fourth-order valence-electron chi connectivity index (χ4n) is 2.58. The molecular formula is C15H22FN3S. The average Bonchev–Trinajstić information content (AvgIpc) is 2.42. The molecule has 1 aliphatic heterocycles. The summed E-state index contributed by atoms with van der Waals surface area (Å²) in [6, 6.07) is 7.42. The van der Waals surface area contributed by atoms with Gasteiger partial charge in [0.25, 0.3) is 0 Å². The van der Waals surface area contributed by atoms with Crippen LogP contribution in [0.25, 0.3) is 0 Å². The van der Waals surface area contributed by atoms with Crippen molar-refractivity contribution in [3.8, 4) is 0 Å². The summed E-state index contributed by atoms with van der Waals surface area (Å²) in [5.41, 5.74) is 4.29. The molecule has 0 saturated carbocycles. The average molecular weight is 295 g/mol. The lowest BCUT2D eigenvalue weighted by molar-refractivity contribution is 0.0736. The van der Waals surface area contributed by atoms with Crippen LogP contribution in [0.2, 0.25) is 0 Å². The monoisotopic (exact) mass is 295 g/mol. The van der Waals surface area contributed by atoms with E-state index >= 15 is 0 Å². The molecule has 2 rings (SSSR count). The highest BCUT2D eigenvalue weighted by molar-refractivity contribution is 7.80. The maximum atomic E-state index is 12.8. The van der Waals surface area contributed by atoms with Gasteiger partial charge in [-0.15, -0.1) is 0 Å². The molecule has 20 heavy (non-hydrogen) atoms. The van der Waals surface area contributed by atoms with Crippen LogP contribution in [-0.4, -0.2) is 22.2 Å². The largest absolute Gasteiger partial charge is 0.358 e. The maximum Gasteiger partial charge on any atom is 0.181 e. The first-order chi connectivity index (χ1) is 9.56. The zero-order chi connectivity index (χ0) is 14.5. The molecule has 0 aliphatic carbocycles. The van der Waals surface area contributed by atoms with Gasteiger partial charge in [-0.25, -0.2) is 9.40 Å². The molecule has 2 N–H and O–H groups in total. The van der Waals surface area contributed by atoms with Gasteiger partial charge in [-0.2, -0.15) is 0 Å². The summed E-state index contributed by atoms with van der Waals surface area (Å²) < 4.78 is 12.8. The van der Waals surface area contributed by atoms with E-state index in [0.717, 1.165) is 5.56 Å². The Labute approximate surface area is 125 Å². The molecule has 1 saturated heterocycles. The van der Waals surface area contributed by atoms with Gasteiger partial charge in [0.2, 0.25) is 0 Å². The zero-order valence-electron chi connectivity index (χ0n) is 12.0. The highest BCUT2D eigenvalue weighted by Gasteiger charge is 2.25. The quantitative estimate of drug-likeness (QED) is 0.838. The second-order valence-corrected chi connectivity index (χ2v) is 5.87. The van der Waals surface area contributed by atoms with Gasteiger partial charge >= 0.3 is 0 Å². The zero-order valence-corrected chi connectivity index (χ0v) is 12.8. The first-order valence-corrected chi connectivity index (χ1v) is 7.54. The van der Waals surface area contributed by atoms with Crippen molar-refractivity contribution in [3.05, 3.63) is 35.6 Å².